The average molecular weight is 487 g/mol. The molecule has 0 radical (unpaired) electrons. The third-order valence-corrected chi connectivity index (χ3v) is 6.93. The Kier molecular flexibility index (Phi) is 7.52. The van der Waals surface area contributed by atoms with Crippen LogP contribution in [0.15, 0.2) is 65.6 Å². The lowest BCUT2D eigenvalue weighted by Crippen LogP contribution is -2.26. The van der Waals surface area contributed by atoms with E-state index in [1.807, 2.05) is 0 Å². The van der Waals surface area contributed by atoms with Gasteiger partial charge in [0.25, 0.3) is 15.9 Å². The topological polar surface area (TPSA) is 103 Å². The first kappa shape index (κ1) is 24.7. The van der Waals surface area contributed by atoms with E-state index in [0.29, 0.717) is 39.9 Å². The van der Waals surface area contributed by atoms with Gasteiger partial charge in [-0.15, -0.1) is 0 Å². The predicted octanol–water partition coefficient (Wildman–Crippen LogP) is 3.80. The Morgan fingerprint density at radius 3 is 1.82 bits per heavy atom. The zero-order valence-electron chi connectivity index (χ0n) is 19.5. The number of rotatable bonds is 9. The number of ether oxygens (including phenoxy) is 4. The van der Waals surface area contributed by atoms with Crippen molar-refractivity contribution in [2.45, 2.75) is 4.90 Å². The number of benzene rings is 3. The molecule has 0 unspecified atom stereocenters. The van der Waals surface area contributed by atoms with Crippen LogP contribution in [-0.4, -0.2) is 49.8 Å². The van der Waals surface area contributed by atoms with Crippen molar-refractivity contribution in [3.8, 4) is 23.0 Å². The number of carbonyl (C=O) groups excluding carboxylic acids is 1. The molecule has 0 fully saturated rings. The standard InChI is InChI=1S/C24H26N2O7S/c1-26(34(28,29)19-11-13-21(31-3)23(15-19)33-5)18-9-6-16(7-10-18)24(27)25-17-8-12-20(30-2)22(14-17)32-4/h6-15H,1-5H3,(H,25,27). The number of carbonyl (C=O) groups is 1. The Hall–Kier alpha value is -3.92. The Morgan fingerprint density at radius 1 is 0.735 bits per heavy atom. The maximum atomic E-state index is 13.1. The van der Waals surface area contributed by atoms with E-state index in [1.165, 1.54) is 53.7 Å². The first-order valence-electron chi connectivity index (χ1n) is 10.1. The molecule has 0 aliphatic rings. The molecule has 0 atom stereocenters. The monoisotopic (exact) mass is 486 g/mol. The maximum Gasteiger partial charge on any atom is 0.264 e. The van der Waals surface area contributed by atoms with Crippen molar-refractivity contribution >= 4 is 27.3 Å². The SMILES string of the molecule is COc1ccc(NC(=O)c2ccc(N(C)S(=O)(=O)c3ccc(OC)c(OC)c3)cc2)cc1OC. The summed E-state index contributed by atoms with van der Waals surface area (Å²) >= 11 is 0. The number of hydrogen-bond donors (Lipinski definition) is 1. The smallest absolute Gasteiger partial charge is 0.264 e. The Balaban J connectivity index is 1.78. The molecular weight excluding hydrogens is 460 g/mol. The van der Waals surface area contributed by atoms with Crippen molar-refractivity contribution in [1.29, 1.82) is 0 Å². The summed E-state index contributed by atoms with van der Waals surface area (Å²) in [5, 5.41) is 2.78. The van der Waals surface area contributed by atoms with Crippen molar-refractivity contribution in [1.82, 2.24) is 0 Å². The molecule has 9 nitrogen and oxygen atoms in total. The van der Waals surface area contributed by atoms with Crippen LogP contribution in [0.4, 0.5) is 11.4 Å². The number of hydrogen-bond acceptors (Lipinski definition) is 7. The number of nitrogens with one attached hydrogen (secondary N) is 1. The lowest BCUT2D eigenvalue weighted by molar-refractivity contribution is 0.102. The van der Waals surface area contributed by atoms with Crippen LogP contribution < -0.4 is 28.6 Å². The van der Waals surface area contributed by atoms with Gasteiger partial charge in [-0.3, -0.25) is 9.10 Å². The summed E-state index contributed by atoms with van der Waals surface area (Å²) in [5.41, 5.74) is 1.27. The van der Waals surface area contributed by atoms with Gasteiger partial charge in [-0.1, -0.05) is 0 Å². The summed E-state index contributed by atoms with van der Waals surface area (Å²) in [5.74, 6) is 1.40. The molecular formula is C24H26N2O7S. The van der Waals surface area contributed by atoms with Gasteiger partial charge in [-0.25, -0.2) is 8.42 Å². The molecule has 0 aliphatic heterocycles. The fourth-order valence-electron chi connectivity index (χ4n) is 3.21. The molecule has 0 aromatic heterocycles. The van der Waals surface area contributed by atoms with E-state index >= 15 is 0 Å². The van der Waals surface area contributed by atoms with Gasteiger partial charge in [0.2, 0.25) is 0 Å². The molecule has 3 rings (SSSR count). The maximum absolute atomic E-state index is 13.1. The van der Waals surface area contributed by atoms with Gasteiger partial charge in [0, 0.05) is 30.4 Å². The number of nitrogens with zero attached hydrogens (tertiary/aromatic N) is 1. The minimum atomic E-state index is -3.87. The van der Waals surface area contributed by atoms with Crippen molar-refractivity contribution in [3.05, 3.63) is 66.2 Å². The van der Waals surface area contributed by atoms with Gasteiger partial charge < -0.3 is 24.3 Å². The minimum absolute atomic E-state index is 0.0444. The highest BCUT2D eigenvalue weighted by atomic mass is 32.2. The van der Waals surface area contributed by atoms with Gasteiger partial charge in [0.15, 0.2) is 23.0 Å². The number of anilines is 2. The highest BCUT2D eigenvalue weighted by Gasteiger charge is 2.23. The van der Waals surface area contributed by atoms with Gasteiger partial charge in [-0.2, -0.15) is 0 Å². The second kappa shape index (κ2) is 10.3. The second-order valence-corrected chi connectivity index (χ2v) is 9.03. The van der Waals surface area contributed by atoms with Crippen LogP contribution in [-0.2, 0) is 10.0 Å². The fourth-order valence-corrected chi connectivity index (χ4v) is 4.43. The molecule has 0 aliphatic carbocycles. The van der Waals surface area contributed by atoms with Gasteiger partial charge in [0.1, 0.15) is 0 Å². The quantitative estimate of drug-likeness (QED) is 0.491. The molecule has 0 saturated heterocycles. The lowest BCUT2D eigenvalue weighted by Gasteiger charge is -2.20. The summed E-state index contributed by atoms with van der Waals surface area (Å²) in [4.78, 5) is 12.7. The molecule has 1 amide bonds. The summed E-state index contributed by atoms with van der Waals surface area (Å²) in [6.45, 7) is 0. The first-order chi connectivity index (χ1) is 16.2. The average Bonchev–Trinajstić information content (AvgIpc) is 2.87. The van der Waals surface area contributed by atoms with Gasteiger partial charge >= 0.3 is 0 Å². The van der Waals surface area contributed by atoms with E-state index < -0.39 is 10.0 Å². The van der Waals surface area contributed by atoms with Crippen LogP contribution in [0.2, 0.25) is 0 Å². The Morgan fingerprint density at radius 2 is 1.26 bits per heavy atom. The zero-order chi connectivity index (χ0) is 24.9. The highest BCUT2D eigenvalue weighted by Crippen LogP contribution is 2.32. The minimum Gasteiger partial charge on any atom is -0.493 e. The summed E-state index contributed by atoms with van der Waals surface area (Å²) in [6, 6.07) is 15.6. The molecule has 0 bridgehead atoms. The molecule has 0 heterocycles. The van der Waals surface area contributed by atoms with Crippen LogP contribution in [0.5, 0.6) is 23.0 Å². The van der Waals surface area contributed by atoms with Crippen LogP contribution in [0.1, 0.15) is 10.4 Å². The van der Waals surface area contributed by atoms with Crippen molar-refractivity contribution in [2.24, 2.45) is 0 Å². The number of amides is 1. The van der Waals surface area contributed by atoms with E-state index in [9.17, 15) is 13.2 Å². The molecule has 3 aromatic carbocycles. The van der Waals surface area contributed by atoms with Crippen LogP contribution in [0, 0.1) is 0 Å². The highest BCUT2D eigenvalue weighted by molar-refractivity contribution is 7.92. The molecule has 3 aromatic rings. The number of methoxy groups -OCH3 is 4. The van der Waals surface area contributed by atoms with Crippen molar-refractivity contribution in [3.63, 3.8) is 0 Å². The fraction of sp³-hybridized carbons (Fsp3) is 0.208. The van der Waals surface area contributed by atoms with Crippen LogP contribution >= 0.6 is 0 Å². The molecule has 1 N–H and O–H groups in total. The van der Waals surface area contributed by atoms with Crippen LogP contribution in [0.3, 0.4) is 0 Å². The molecule has 10 heteroatoms. The van der Waals surface area contributed by atoms with Crippen molar-refractivity contribution in [2.75, 3.05) is 45.1 Å². The van der Waals surface area contributed by atoms with E-state index in [0.717, 1.165) is 4.31 Å². The summed E-state index contributed by atoms with van der Waals surface area (Å²) in [7, 11) is 3.51. The van der Waals surface area contributed by atoms with E-state index in [1.54, 1.807) is 42.5 Å². The summed E-state index contributed by atoms with van der Waals surface area (Å²) in [6.07, 6.45) is 0. The predicted molar refractivity (Wildman–Crippen MR) is 129 cm³/mol. The van der Waals surface area contributed by atoms with Gasteiger partial charge in [0.05, 0.1) is 39.0 Å². The normalized spacial score (nSPS) is 10.9. The van der Waals surface area contributed by atoms with Crippen molar-refractivity contribution < 1.29 is 32.2 Å². The zero-order valence-corrected chi connectivity index (χ0v) is 20.3. The third-order valence-electron chi connectivity index (χ3n) is 5.15. The molecule has 0 spiro atoms. The molecule has 0 saturated carbocycles. The largest absolute Gasteiger partial charge is 0.493 e. The summed E-state index contributed by atoms with van der Waals surface area (Å²) < 4.78 is 48.2. The molecule has 34 heavy (non-hydrogen) atoms. The Bertz CT molecular complexity index is 1270. The lowest BCUT2D eigenvalue weighted by atomic mass is 10.2. The third kappa shape index (κ3) is 5.01. The van der Waals surface area contributed by atoms with E-state index in [4.69, 9.17) is 18.9 Å². The molecule has 180 valence electrons. The van der Waals surface area contributed by atoms with E-state index in [2.05, 4.69) is 5.32 Å². The Labute approximate surface area is 198 Å². The van der Waals surface area contributed by atoms with Crippen LogP contribution in [0.25, 0.3) is 0 Å². The first-order valence-corrected chi connectivity index (χ1v) is 11.5. The number of sulfonamides is 1. The van der Waals surface area contributed by atoms with E-state index in [-0.39, 0.29) is 10.8 Å². The van der Waals surface area contributed by atoms with Gasteiger partial charge in [-0.05, 0) is 48.5 Å². The second-order valence-electron chi connectivity index (χ2n) is 7.06.